The smallest absolute Gasteiger partial charge is 0.228 e. The average Bonchev–Trinajstić information content (AvgIpc) is 3.21. The molecule has 0 bridgehead atoms. The number of amides is 1. The zero-order valence-electron chi connectivity index (χ0n) is 14.9. The molecule has 28 heavy (non-hydrogen) atoms. The van der Waals surface area contributed by atoms with Gasteiger partial charge in [0.15, 0.2) is 0 Å². The van der Waals surface area contributed by atoms with E-state index >= 15 is 0 Å². The molecule has 4 aromatic rings. The summed E-state index contributed by atoms with van der Waals surface area (Å²) in [6, 6.07) is 24.6. The van der Waals surface area contributed by atoms with Gasteiger partial charge >= 0.3 is 0 Å². The van der Waals surface area contributed by atoms with Crippen molar-refractivity contribution in [1.82, 2.24) is 4.98 Å². The second-order valence-corrected chi connectivity index (χ2v) is 6.70. The van der Waals surface area contributed by atoms with E-state index in [1.54, 1.807) is 12.3 Å². The minimum atomic E-state index is -0.122. The molecule has 138 valence electrons. The molecular weight excluding hydrogens is 372 g/mol. The van der Waals surface area contributed by atoms with Gasteiger partial charge in [-0.15, -0.1) is 0 Å². The zero-order valence-corrected chi connectivity index (χ0v) is 15.7. The van der Waals surface area contributed by atoms with E-state index in [9.17, 15) is 4.79 Å². The van der Waals surface area contributed by atoms with Crippen LogP contribution in [0.1, 0.15) is 5.56 Å². The van der Waals surface area contributed by atoms with Crippen LogP contribution in [0.4, 0.5) is 5.69 Å². The van der Waals surface area contributed by atoms with Crippen LogP contribution in [0, 0.1) is 0 Å². The van der Waals surface area contributed by atoms with Crippen molar-refractivity contribution < 1.29 is 9.21 Å². The maximum Gasteiger partial charge on any atom is 0.228 e. The number of nitrogens with zero attached hydrogens (tertiary/aromatic N) is 1. The Kier molecular flexibility index (Phi) is 5.22. The molecule has 0 unspecified atom stereocenters. The molecule has 5 heteroatoms. The van der Waals surface area contributed by atoms with Crippen LogP contribution in [0.3, 0.4) is 0 Å². The first-order chi connectivity index (χ1) is 13.7. The number of anilines is 1. The Hall–Kier alpha value is -3.37. The number of nitrogens with one attached hydrogen (secondary N) is 1. The lowest BCUT2D eigenvalue weighted by Crippen LogP contribution is -2.14. The predicted octanol–water partition coefficient (Wildman–Crippen LogP) is 5.84. The summed E-state index contributed by atoms with van der Waals surface area (Å²) >= 11 is 6.11. The first-order valence-electron chi connectivity index (χ1n) is 8.84. The van der Waals surface area contributed by atoms with Crippen LogP contribution in [0.25, 0.3) is 22.7 Å². The second-order valence-electron chi connectivity index (χ2n) is 6.30. The first-order valence-corrected chi connectivity index (χ1v) is 9.21. The normalized spacial score (nSPS) is 10.6. The van der Waals surface area contributed by atoms with Crippen LogP contribution in [0.2, 0.25) is 5.02 Å². The van der Waals surface area contributed by atoms with Gasteiger partial charge in [-0.05, 0) is 35.9 Å². The predicted molar refractivity (Wildman–Crippen MR) is 111 cm³/mol. The maximum atomic E-state index is 12.2. The van der Waals surface area contributed by atoms with E-state index in [1.165, 1.54) is 0 Å². The summed E-state index contributed by atoms with van der Waals surface area (Å²) in [5.41, 5.74) is 4.13. The molecule has 0 radical (unpaired) electrons. The fourth-order valence-corrected chi connectivity index (χ4v) is 3.07. The van der Waals surface area contributed by atoms with Gasteiger partial charge in [-0.2, -0.15) is 0 Å². The number of rotatable bonds is 5. The van der Waals surface area contributed by atoms with Crippen LogP contribution >= 0.6 is 11.6 Å². The third kappa shape index (κ3) is 4.13. The molecule has 0 aliphatic heterocycles. The van der Waals surface area contributed by atoms with Crippen LogP contribution in [-0.2, 0) is 11.2 Å². The van der Waals surface area contributed by atoms with Crippen molar-refractivity contribution in [2.24, 2.45) is 0 Å². The van der Waals surface area contributed by atoms with Crippen molar-refractivity contribution in [1.29, 1.82) is 0 Å². The molecule has 0 aliphatic rings. The second kappa shape index (κ2) is 8.11. The Morgan fingerprint density at radius 1 is 0.893 bits per heavy atom. The van der Waals surface area contributed by atoms with E-state index in [-0.39, 0.29) is 12.3 Å². The highest BCUT2D eigenvalue weighted by Gasteiger charge is 2.10. The van der Waals surface area contributed by atoms with Gasteiger partial charge in [-0.3, -0.25) is 4.79 Å². The molecule has 1 heterocycles. The molecule has 0 saturated heterocycles. The van der Waals surface area contributed by atoms with Crippen molar-refractivity contribution in [2.45, 2.75) is 6.42 Å². The Labute approximate surface area is 167 Å². The van der Waals surface area contributed by atoms with Crippen LogP contribution in [-0.4, -0.2) is 10.9 Å². The highest BCUT2D eigenvalue weighted by Crippen LogP contribution is 2.25. The molecule has 1 amide bonds. The summed E-state index contributed by atoms with van der Waals surface area (Å²) in [4.78, 5) is 16.8. The lowest BCUT2D eigenvalue weighted by Gasteiger charge is -2.07. The third-order valence-electron chi connectivity index (χ3n) is 4.30. The van der Waals surface area contributed by atoms with Crippen molar-refractivity contribution in [3.63, 3.8) is 0 Å². The minimum Gasteiger partial charge on any atom is -0.444 e. The summed E-state index contributed by atoms with van der Waals surface area (Å²) in [6.45, 7) is 0. The standard InChI is InChI=1S/C23H17ClN2O2/c24-20-9-5-4-8-18(20)14-22(27)25-19-12-10-17(11-13-19)23-26-21(15-28-23)16-6-2-1-3-7-16/h1-13,15H,14H2,(H,25,27). The van der Waals surface area contributed by atoms with Gasteiger partial charge in [0, 0.05) is 21.8 Å². The highest BCUT2D eigenvalue weighted by atomic mass is 35.5. The van der Waals surface area contributed by atoms with Gasteiger partial charge in [-0.1, -0.05) is 60.1 Å². The van der Waals surface area contributed by atoms with Crippen LogP contribution < -0.4 is 5.32 Å². The Balaban J connectivity index is 1.44. The molecule has 0 saturated carbocycles. The number of hydrogen-bond acceptors (Lipinski definition) is 3. The van der Waals surface area contributed by atoms with Gasteiger partial charge in [0.25, 0.3) is 0 Å². The third-order valence-corrected chi connectivity index (χ3v) is 4.67. The van der Waals surface area contributed by atoms with E-state index in [0.717, 1.165) is 22.4 Å². The molecular formula is C23H17ClN2O2. The molecule has 4 nitrogen and oxygen atoms in total. The number of oxazole rings is 1. The molecule has 0 aliphatic carbocycles. The number of benzene rings is 3. The molecule has 3 aromatic carbocycles. The molecule has 1 aromatic heterocycles. The average molecular weight is 389 g/mol. The van der Waals surface area contributed by atoms with Crippen LogP contribution in [0.15, 0.2) is 89.5 Å². The van der Waals surface area contributed by atoms with E-state index in [0.29, 0.717) is 16.6 Å². The summed E-state index contributed by atoms with van der Waals surface area (Å²) in [7, 11) is 0. The van der Waals surface area contributed by atoms with Crippen LogP contribution in [0.5, 0.6) is 0 Å². The first kappa shape index (κ1) is 18.0. The Morgan fingerprint density at radius 3 is 2.36 bits per heavy atom. The van der Waals surface area contributed by atoms with Gasteiger partial charge < -0.3 is 9.73 Å². The van der Waals surface area contributed by atoms with Crippen molar-refractivity contribution in [2.75, 3.05) is 5.32 Å². The van der Waals surface area contributed by atoms with E-state index in [2.05, 4.69) is 10.3 Å². The topological polar surface area (TPSA) is 55.1 Å². The molecule has 0 atom stereocenters. The molecule has 0 spiro atoms. The summed E-state index contributed by atoms with van der Waals surface area (Å²) in [6.07, 6.45) is 1.87. The van der Waals surface area contributed by atoms with E-state index in [1.807, 2.05) is 72.8 Å². The Morgan fingerprint density at radius 2 is 1.61 bits per heavy atom. The maximum absolute atomic E-state index is 12.2. The largest absolute Gasteiger partial charge is 0.444 e. The Bertz CT molecular complexity index is 1090. The lowest BCUT2D eigenvalue weighted by atomic mass is 10.1. The van der Waals surface area contributed by atoms with Gasteiger partial charge in [-0.25, -0.2) is 4.98 Å². The number of hydrogen-bond donors (Lipinski definition) is 1. The zero-order chi connectivity index (χ0) is 19.3. The van der Waals surface area contributed by atoms with Gasteiger partial charge in [0.05, 0.1) is 6.42 Å². The minimum absolute atomic E-state index is 0.122. The number of aromatic nitrogens is 1. The highest BCUT2D eigenvalue weighted by molar-refractivity contribution is 6.31. The van der Waals surface area contributed by atoms with Crippen molar-refractivity contribution >= 4 is 23.2 Å². The van der Waals surface area contributed by atoms with E-state index in [4.69, 9.17) is 16.0 Å². The van der Waals surface area contributed by atoms with Crippen molar-refractivity contribution in [3.8, 4) is 22.7 Å². The monoisotopic (exact) mass is 388 g/mol. The number of carbonyl (C=O) groups is 1. The van der Waals surface area contributed by atoms with Gasteiger partial charge in [0.2, 0.25) is 11.8 Å². The number of carbonyl (C=O) groups excluding carboxylic acids is 1. The fourth-order valence-electron chi connectivity index (χ4n) is 2.86. The summed E-state index contributed by atoms with van der Waals surface area (Å²) in [5.74, 6) is 0.413. The SMILES string of the molecule is O=C(Cc1ccccc1Cl)Nc1ccc(-c2nc(-c3ccccc3)co2)cc1. The lowest BCUT2D eigenvalue weighted by molar-refractivity contribution is -0.115. The van der Waals surface area contributed by atoms with E-state index < -0.39 is 0 Å². The number of halogens is 1. The summed E-state index contributed by atoms with van der Waals surface area (Å²) < 4.78 is 5.61. The molecule has 1 N–H and O–H groups in total. The van der Waals surface area contributed by atoms with Crippen molar-refractivity contribution in [3.05, 3.63) is 95.7 Å². The fraction of sp³-hybridized carbons (Fsp3) is 0.0435. The molecule has 0 fully saturated rings. The van der Waals surface area contributed by atoms with Gasteiger partial charge in [0.1, 0.15) is 12.0 Å². The summed E-state index contributed by atoms with van der Waals surface area (Å²) in [5, 5.41) is 3.47. The quantitative estimate of drug-likeness (QED) is 0.467. The molecule has 4 rings (SSSR count).